The number of nitrogens with one attached hydrogen (secondary N) is 3. The van der Waals surface area contributed by atoms with Crippen LogP contribution in [0.3, 0.4) is 0 Å². The predicted molar refractivity (Wildman–Crippen MR) is 255 cm³/mol. The molecule has 6 aliphatic heterocycles. The fraction of sp³-hybridized carbons (Fsp3) is 0.538. The smallest absolute Gasteiger partial charge is 0.407 e. The summed E-state index contributed by atoms with van der Waals surface area (Å²) in [5.74, 6) is 1.28. The molecule has 0 spiro atoms. The average Bonchev–Trinajstić information content (AvgIpc) is 4.22. The maximum atomic E-state index is 14.6. The molecule has 7 heterocycles. The number of H-pyrrole nitrogens is 1. The van der Waals surface area contributed by atoms with E-state index in [1.54, 1.807) is 0 Å². The van der Waals surface area contributed by atoms with Crippen molar-refractivity contribution in [1.82, 2.24) is 30.4 Å². The monoisotopic (exact) mass is 929 g/mol. The van der Waals surface area contributed by atoms with Gasteiger partial charge in [-0.25, -0.2) is 14.6 Å². The van der Waals surface area contributed by atoms with Crippen molar-refractivity contribution < 1.29 is 42.9 Å². The first-order valence-electron chi connectivity index (χ1n) is 24.6. The number of likely N-dealkylation sites (tertiary alicyclic amines) is 2. The number of methoxy groups -OCH3 is 2. The summed E-state index contributed by atoms with van der Waals surface area (Å²) in [6.07, 6.45) is 8.93. The third-order valence-electron chi connectivity index (χ3n) is 15.6. The van der Waals surface area contributed by atoms with Crippen molar-refractivity contribution in [2.24, 2.45) is 16.8 Å². The molecule has 3 N–H and O–H groups in total. The van der Waals surface area contributed by atoms with Gasteiger partial charge in [0.15, 0.2) is 0 Å². The summed E-state index contributed by atoms with van der Waals surface area (Å²) >= 11 is 0. The van der Waals surface area contributed by atoms with Crippen molar-refractivity contribution in [2.45, 2.75) is 127 Å². The van der Waals surface area contributed by atoms with E-state index in [1.165, 1.54) is 14.2 Å². The van der Waals surface area contributed by atoms with Gasteiger partial charge in [0.1, 0.15) is 30.3 Å². The highest BCUT2D eigenvalue weighted by Crippen LogP contribution is 2.46. The largest absolute Gasteiger partial charge is 0.488 e. The van der Waals surface area contributed by atoms with E-state index >= 15 is 0 Å². The van der Waals surface area contributed by atoms with Crippen molar-refractivity contribution in [2.75, 3.05) is 40.6 Å². The van der Waals surface area contributed by atoms with Crippen molar-refractivity contribution in [3.63, 3.8) is 0 Å². The van der Waals surface area contributed by atoms with Gasteiger partial charge in [0.05, 0.1) is 43.9 Å². The number of fused-ring (bicyclic) bond motifs is 6. The van der Waals surface area contributed by atoms with Crippen LogP contribution in [0.15, 0.2) is 53.7 Å². The first-order chi connectivity index (χ1) is 33.2. The third kappa shape index (κ3) is 8.58. The van der Waals surface area contributed by atoms with Gasteiger partial charge in [-0.3, -0.25) is 14.6 Å². The second kappa shape index (κ2) is 19.5. The molecule has 360 valence electrons. The van der Waals surface area contributed by atoms with Gasteiger partial charge in [-0.15, -0.1) is 0 Å². The van der Waals surface area contributed by atoms with E-state index in [0.717, 1.165) is 106 Å². The molecule has 0 unspecified atom stereocenters. The van der Waals surface area contributed by atoms with Gasteiger partial charge in [0.25, 0.3) is 0 Å². The first-order valence-corrected chi connectivity index (χ1v) is 24.6. The van der Waals surface area contributed by atoms with E-state index in [2.05, 4.69) is 71.9 Å². The van der Waals surface area contributed by atoms with Gasteiger partial charge in [-0.05, 0) is 133 Å². The van der Waals surface area contributed by atoms with Crippen LogP contribution in [0.4, 0.5) is 15.3 Å². The maximum absolute atomic E-state index is 14.6. The highest BCUT2D eigenvalue weighted by atomic mass is 16.5. The molecule has 16 heteroatoms. The predicted octanol–water partition coefficient (Wildman–Crippen LogP) is 7.93. The Labute approximate surface area is 396 Å². The van der Waals surface area contributed by atoms with Crippen molar-refractivity contribution in [3.8, 4) is 28.1 Å². The van der Waals surface area contributed by atoms with E-state index in [4.69, 9.17) is 33.7 Å². The van der Waals surface area contributed by atoms with Crippen LogP contribution in [0, 0.1) is 11.8 Å². The number of nitrogens with zero attached hydrogens (tertiary/aromatic N) is 4. The van der Waals surface area contributed by atoms with Crippen LogP contribution in [-0.4, -0.2) is 120 Å². The summed E-state index contributed by atoms with van der Waals surface area (Å²) in [5, 5.41) is 7.95. The number of amides is 4. The van der Waals surface area contributed by atoms with E-state index in [1.807, 2.05) is 16.0 Å². The van der Waals surface area contributed by atoms with Crippen LogP contribution in [0.25, 0.3) is 33.2 Å². The minimum Gasteiger partial charge on any atom is -0.488 e. The summed E-state index contributed by atoms with van der Waals surface area (Å²) in [7, 11) is 2.65. The Balaban J connectivity index is 0.875. The standard InChI is InChI=1S/C52H63N7O9/c1-5-34-9-13-43(58(34)49(60)46(56-51(62)64-3)29-15-19-66-20-16-29)41-25-38-37-26-45-39(24-31(37)8-12-40(38)54-41)36-11-7-32(23-33(36)28-68-45)42-27-53-48(55-42)44-14-10-35(6-2)59(44)50(61)47(57-52(63)65-4)30-17-21-67-22-18-30/h7-8,11-12,23-24,26-27,29-30,34-35,43-44,46-47H,5-6,9-10,13-22,25,28H2,1-4H3,(H,53,55)(H,56,62)(H,57,63)/t34-,35-,43-,44-,46-,47-/m0/s1. The highest BCUT2D eigenvalue weighted by Gasteiger charge is 2.46. The van der Waals surface area contributed by atoms with E-state index in [-0.39, 0.29) is 47.8 Å². The molecule has 0 aliphatic carbocycles. The zero-order chi connectivity index (χ0) is 47.1. The minimum atomic E-state index is -0.712. The van der Waals surface area contributed by atoms with Crippen LogP contribution >= 0.6 is 0 Å². The molecule has 16 nitrogen and oxygen atoms in total. The second-order valence-electron chi connectivity index (χ2n) is 19.2. The molecular weight excluding hydrogens is 867 g/mol. The third-order valence-corrected chi connectivity index (χ3v) is 15.6. The number of alkyl carbamates (subject to hydrolysis) is 2. The number of aliphatic imine (C=N–C) groups is 1. The van der Waals surface area contributed by atoms with Crippen molar-refractivity contribution in [3.05, 3.63) is 65.6 Å². The van der Waals surface area contributed by atoms with Crippen molar-refractivity contribution >= 4 is 46.2 Å². The second-order valence-corrected chi connectivity index (χ2v) is 19.2. The SMILES string of the molecule is CC[C@H]1CC[C@@H](C2=Nc3ccc4cc5c(cc4c3C2)OCc2cc(-c3cnc([C@@H]4CC[C@H](CC)N4C(=O)[C@@H](NC(=O)OC)C4CCOCC4)[nH]3)ccc2-5)N1C(=O)[C@@H](NC(=O)OC)C1CCOCC1. The Kier molecular flexibility index (Phi) is 13.2. The zero-order valence-electron chi connectivity index (χ0n) is 39.5. The number of hydrogen-bond donors (Lipinski definition) is 3. The number of carbonyl (C=O) groups excluding carboxylic acids is 4. The van der Waals surface area contributed by atoms with Gasteiger partial charge in [-0.2, -0.15) is 0 Å². The van der Waals surface area contributed by atoms with E-state index in [9.17, 15) is 19.2 Å². The number of carbonyl (C=O) groups is 4. The number of aromatic amines is 1. The molecule has 0 bridgehead atoms. The molecule has 0 saturated carbocycles. The van der Waals surface area contributed by atoms with Gasteiger partial charge in [0.2, 0.25) is 11.8 Å². The molecule has 1 aromatic heterocycles. The first kappa shape index (κ1) is 45.8. The molecule has 4 aromatic rings. The van der Waals surface area contributed by atoms with E-state index < -0.39 is 24.3 Å². The maximum Gasteiger partial charge on any atom is 0.407 e. The molecule has 4 saturated heterocycles. The molecule has 4 fully saturated rings. The van der Waals surface area contributed by atoms with Crippen LogP contribution in [0.5, 0.6) is 5.75 Å². The van der Waals surface area contributed by atoms with Gasteiger partial charge in [-0.1, -0.05) is 32.0 Å². The molecule has 0 radical (unpaired) electrons. The van der Waals surface area contributed by atoms with Crippen molar-refractivity contribution in [1.29, 1.82) is 0 Å². The van der Waals surface area contributed by atoms with Crippen LogP contribution < -0.4 is 15.4 Å². The lowest BCUT2D eigenvalue weighted by Gasteiger charge is -2.37. The highest BCUT2D eigenvalue weighted by molar-refractivity contribution is 6.07. The summed E-state index contributed by atoms with van der Waals surface area (Å²) in [6, 6.07) is 13.2. The summed E-state index contributed by atoms with van der Waals surface area (Å²) in [5.41, 5.74) is 8.04. The number of ether oxygens (including phenoxy) is 5. The minimum absolute atomic E-state index is 0.0240. The Bertz CT molecular complexity index is 2600. The molecule has 6 aliphatic rings. The van der Waals surface area contributed by atoms with E-state index in [0.29, 0.717) is 65.1 Å². The van der Waals surface area contributed by atoms with Gasteiger partial charge < -0.3 is 49.1 Å². The molecule has 3 aromatic carbocycles. The number of rotatable bonds is 11. The Morgan fingerprint density at radius 2 is 1.37 bits per heavy atom. The number of benzene rings is 3. The lowest BCUT2D eigenvalue weighted by molar-refractivity contribution is -0.139. The number of aromatic nitrogens is 2. The fourth-order valence-corrected chi connectivity index (χ4v) is 11.9. The summed E-state index contributed by atoms with van der Waals surface area (Å²) < 4.78 is 27.7. The molecular formula is C52H63N7O9. The topological polar surface area (TPSA) is 186 Å². The van der Waals surface area contributed by atoms with Gasteiger partial charge in [0, 0.05) is 56.2 Å². The van der Waals surface area contributed by atoms with Gasteiger partial charge >= 0.3 is 12.2 Å². The lowest BCUT2D eigenvalue weighted by Crippen LogP contribution is -2.57. The normalized spacial score (nSPS) is 23.5. The molecule has 6 atom stereocenters. The zero-order valence-corrected chi connectivity index (χ0v) is 39.5. The van der Waals surface area contributed by atoms with Crippen LogP contribution in [-0.2, 0) is 41.6 Å². The Morgan fingerprint density at radius 1 is 0.750 bits per heavy atom. The lowest BCUT2D eigenvalue weighted by atomic mass is 9.89. The quantitative estimate of drug-likeness (QED) is 0.133. The molecule has 4 amide bonds. The molecule has 68 heavy (non-hydrogen) atoms. The number of imidazole rings is 1. The Morgan fingerprint density at radius 3 is 1.99 bits per heavy atom. The fourth-order valence-electron chi connectivity index (χ4n) is 11.9. The van der Waals surface area contributed by atoms with Crippen LogP contribution in [0.2, 0.25) is 0 Å². The van der Waals surface area contributed by atoms with Crippen LogP contribution in [0.1, 0.15) is 101 Å². The Hall–Kier alpha value is -6.00. The summed E-state index contributed by atoms with van der Waals surface area (Å²) in [4.78, 5) is 71.8. The molecule has 10 rings (SSSR count). The number of hydrogen-bond acceptors (Lipinski definition) is 11. The summed E-state index contributed by atoms with van der Waals surface area (Å²) in [6.45, 7) is 6.83. The average molecular weight is 930 g/mol.